The number of fused-ring (bicyclic) bond motifs is 1. The maximum absolute atomic E-state index is 11.7. The van der Waals surface area contributed by atoms with E-state index in [1.165, 1.54) is 17.2 Å². The summed E-state index contributed by atoms with van der Waals surface area (Å²) in [6.45, 7) is 0. The van der Waals surface area contributed by atoms with E-state index in [1.807, 2.05) is 18.3 Å². The van der Waals surface area contributed by atoms with E-state index in [0.717, 1.165) is 18.4 Å². The fraction of sp³-hybridized carbons (Fsp3) is 0.200. The molecule has 3 rings (SSSR count). The third kappa shape index (κ3) is 2.71. The Labute approximate surface area is 116 Å². The Morgan fingerprint density at radius 1 is 1.30 bits per heavy atom. The highest BCUT2D eigenvalue weighted by atomic mass is 16.5. The molecule has 0 fully saturated rings. The Balaban J connectivity index is 1.53. The van der Waals surface area contributed by atoms with Gasteiger partial charge in [0.1, 0.15) is 6.26 Å². The second kappa shape index (κ2) is 5.61. The van der Waals surface area contributed by atoms with Gasteiger partial charge in [0.05, 0.1) is 0 Å². The minimum Gasteiger partial charge on any atom is -0.363 e. The molecule has 0 spiro atoms. The van der Waals surface area contributed by atoms with Crippen LogP contribution in [0.15, 0.2) is 47.3 Å². The Bertz CT molecular complexity index is 701. The first-order valence-electron chi connectivity index (χ1n) is 6.58. The molecule has 0 aliphatic carbocycles. The second-order valence-corrected chi connectivity index (χ2v) is 4.65. The molecule has 2 aromatic heterocycles. The number of rotatable bonds is 5. The first-order valence-corrected chi connectivity index (χ1v) is 6.58. The van der Waals surface area contributed by atoms with Gasteiger partial charge in [-0.3, -0.25) is 4.79 Å². The van der Waals surface area contributed by atoms with E-state index < -0.39 is 0 Å². The van der Waals surface area contributed by atoms with Crippen LogP contribution in [-0.4, -0.2) is 16.0 Å². The van der Waals surface area contributed by atoms with Crippen LogP contribution in [0.5, 0.6) is 0 Å². The van der Waals surface area contributed by atoms with Crippen molar-refractivity contribution in [3.05, 3.63) is 48.4 Å². The summed E-state index contributed by atoms with van der Waals surface area (Å²) in [5.41, 5.74) is 2.38. The van der Waals surface area contributed by atoms with Crippen molar-refractivity contribution in [2.24, 2.45) is 0 Å². The number of aromatic nitrogens is 2. The molecular formula is C15H15N3O2. The largest absolute Gasteiger partial charge is 0.363 e. The van der Waals surface area contributed by atoms with Crippen LogP contribution in [0.4, 0.5) is 5.82 Å². The van der Waals surface area contributed by atoms with Gasteiger partial charge in [0.25, 0.3) is 0 Å². The summed E-state index contributed by atoms with van der Waals surface area (Å²) < 4.78 is 4.66. The summed E-state index contributed by atoms with van der Waals surface area (Å²) in [6, 6.07) is 9.80. The van der Waals surface area contributed by atoms with E-state index in [4.69, 9.17) is 0 Å². The lowest BCUT2D eigenvalue weighted by molar-refractivity contribution is -0.116. The lowest BCUT2D eigenvalue weighted by Gasteiger charge is -2.01. The molecule has 1 aromatic carbocycles. The van der Waals surface area contributed by atoms with Gasteiger partial charge in [0.2, 0.25) is 5.91 Å². The summed E-state index contributed by atoms with van der Waals surface area (Å²) >= 11 is 0. The second-order valence-electron chi connectivity index (χ2n) is 4.65. The van der Waals surface area contributed by atoms with Gasteiger partial charge in [-0.05, 0) is 24.5 Å². The number of nitrogens with zero attached hydrogens (tertiary/aromatic N) is 1. The molecule has 0 unspecified atom stereocenters. The molecule has 20 heavy (non-hydrogen) atoms. The summed E-state index contributed by atoms with van der Waals surface area (Å²) in [5, 5.41) is 7.56. The molecule has 5 nitrogen and oxygen atoms in total. The van der Waals surface area contributed by atoms with E-state index in [1.54, 1.807) is 6.07 Å². The van der Waals surface area contributed by atoms with Gasteiger partial charge < -0.3 is 14.8 Å². The van der Waals surface area contributed by atoms with Crippen LogP contribution in [0.2, 0.25) is 0 Å². The van der Waals surface area contributed by atoms with Crippen molar-refractivity contribution < 1.29 is 9.32 Å². The molecule has 0 saturated carbocycles. The number of amides is 1. The van der Waals surface area contributed by atoms with Gasteiger partial charge in [-0.25, -0.2) is 0 Å². The molecule has 0 saturated heterocycles. The smallest absolute Gasteiger partial charge is 0.225 e. The molecule has 102 valence electrons. The van der Waals surface area contributed by atoms with E-state index in [2.05, 4.69) is 32.1 Å². The van der Waals surface area contributed by atoms with Gasteiger partial charge in [0.15, 0.2) is 5.82 Å². The van der Waals surface area contributed by atoms with Gasteiger partial charge in [-0.1, -0.05) is 23.4 Å². The minimum atomic E-state index is -0.0428. The van der Waals surface area contributed by atoms with Gasteiger partial charge in [-0.15, -0.1) is 0 Å². The van der Waals surface area contributed by atoms with Crippen LogP contribution in [-0.2, 0) is 11.2 Å². The molecule has 0 aliphatic heterocycles. The van der Waals surface area contributed by atoms with Crippen molar-refractivity contribution in [3.8, 4) is 0 Å². The zero-order valence-corrected chi connectivity index (χ0v) is 10.9. The summed E-state index contributed by atoms with van der Waals surface area (Å²) in [6.07, 6.45) is 5.58. The van der Waals surface area contributed by atoms with Crippen molar-refractivity contribution in [2.75, 3.05) is 5.32 Å². The normalized spacial score (nSPS) is 10.8. The number of anilines is 1. The van der Waals surface area contributed by atoms with Crippen molar-refractivity contribution >= 4 is 22.6 Å². The highest BCUT2D eigenvalue weighted by molar-refractivity contribution is 5.89. The third-order valence-electron chi connectivity index (χ3n) is 3.23. The Morgan fingerprint density at radius 3 is 3.05 bits per heavy atom. The Kier molecular flexibility index (Phi) is 3.50. The number of hydrogen-bond acceptors (Lipinski definition) is 3. The van der Waals surface area contributed by atoms with Gasteiger partial charge in [-0.2, -0.15) is 0 Å². The monoisotopic (exact) mass is 269 g/mol. The summed E-state index contributed by atoms with van der Waals surface area (Å²) in [7, 11) is 0. The fourth-order valence-corrected chi connectivity index (χ4v) is 2.26. The Morgan fingerprint density at radius 2 is 2.20 bits per heavy atom. The zero-order chi connectivity index (χ0) is 13.8. The molecule has 0 atom stereocenters. The van der Waals surface area contributed by atoms with E-state index >= 15 is 0 Å². The number of aryl methyl sites for hydroxylation is 1. The summed E-state index contributed by atoms with van der Waals surface area (Å²) in [4.78, 5) is 14.9. The number of nitrogens with one attached hydrogen (secondary N) is 2. The molecular weight excluding hydrogens is 254 g/mol. The number of hydrogen-bond donors (Lipinski definition) is 2. The predicted octanol–water partition coefficient (Wildman–Crippen LogP) is 3.12. The fourth-order valence-electron chi connectivity index (χ4n) is 2.26. The maximum Gasteiger partial charge on any atom is 0.225 e. The molecule has 5 heteroatoms. The highest BCUT2D eigenvalue weighted by Crippen LogP contribution is 2.19. The number of H-pyrrole nitrogens is 1. The van der Waals surface area contributed by atoms with Crippen molar-refractivity contribution in [2.45, 2.75) is 19.3 Å². The van der Waals surface area contributed by atoms with Crippen LogP contribution in [0, 0.1) is 0 Å². The zero-order valence-electron chi connectivity index (χ0n) is 10.9. The van der Waals surface area contributed by atoms with Crippen molar-refractivity contribution in [3.63, 3.8) is 0 Å². The van der Waals surface area contributed by atoms with Crippen molar-refractivity contribution in [1.82, 2.24) is 10.1 Å². The number of para-hydroxylation sites is 1. The minimum absolute atomic E-state index is 0.0428. The van der Waals surface area contributed by atoms with Crippen LogP contribution >= 0.6 is 0 Å². The van der Waals surface area contributed by atoms with Crippen LogP contribution in [0.1, 0.15) is 18.4 Å². The van der Waals surface area contributed by atoms with Gasteiger partial charge in [0, 0.05) is 29.6 Å². The number of benzene rings is 1. The molecule has 1 amide bonds. The molecule has 0 bridgehead atoms. The standard InChI is InChI=1S/C15H15N3O2/c19-15(17-14-8-9-20-18-14)7-3-4-11-10-16-13-6-2-1-5-12(11)13/h1-2,5-6,8-10,16H,3-4,7H2,(H,17,18,19). The van der Waals surface area contributed by atoms with E-state index in [0.29, 0.717) is 12.2 Å². The molecule has 3 aromatic rings. The summed E-state index contributed by atoms with van der Waals surface area (Å²) in [5.74, 6) is 0.417. The van der Waals surface area contributed by atoms with Crippen LogP contribution in [0.3, 0.4) is 0 Å². The molecule has 2 N–H and O–H groups in total. The van der Waals surface area contributed by atoms with E-state index in [9.17, 15) is 4.79 Å². The first-order chi connectivity index (χ1) is 9.83. The molecule has 0 radical (unpaired) electrons. The molecule has 0 aliphatic rings. The maximum atomic E-state index is 11.7. The van der Waals surface area contributed by atoms with E-state index in [-0.39, 0.29) is 5.91 Å². The first kappa shape index (κ1) is 12.5. The van der Waals surface area contributed by atoms with Crippen LogP contribution in [0.25, 0.3) is 10.9 Å². The molecule has 2 heterocycles. The van der Waals surface area contributed by atoms with Crippen LogP contribution < -0.4 is 5.32 Å². The average molecular weight is 269 g/mol. The lowest BCUT2D eigenvalue weighted by atomic mass is 10.1. The number of carbonyl (C=O) groups excluding carboxylic acids is 1. The SMILES string of the molecule is O=C(CCCc1c[nH]c2ccccc12)Nc1ccon1. The number of carbonyl (C=O) groups is 1. The number of aromatic amines is 1. The topological polar surface area (TPSA) is 70.9 Å². The highest BCUT2D eigenvalue weighted by Gasteiger charge is 2.06. The predicted molar refractivity (Wildman–Crippen MR) is 76.4 cm³/mol. The quantitative estimate of drug-likeness (QED) is 0.747. The van der Waals surface area contributed by atoms with Gasteiger partial charge >= 0.3 is 0 Å². The van der Waals surface area contributed by atoms with Crippen molar-refractivity contribution in [1.29, 1.82) is 0 Å². The Hall–Kier alpha value is -2.56. The average Bonchev–Trinajstić information content (AvgIpc) is 3.09. The lowest BCUT2D eigenvalue weighted by Crippen LogP contribution is -2.11. The third-order valence-corrected chi connectivity index (χ3v) is 3.23.